The van der Waals surface area contributed by atoms with Crippen LogP contribution in [0.25, 0.3) is 0 Å². The van der Waals surface area contributed by atoms with Crippen molar-refractivity contribution in [3.05, 3.63) is 59.2 Å². The maximum atomic E-state index is 16.5. The van der Waals surface area contributed by atoms with Crippen LogP contribution in [0, 0.1) is 5.92 Å². The van der Waals surface area contributed by atoms with Gasteiger partial charge in [0.15, 0.2) is 5.60 Å². The number of carbonyl (C=O) groups is 4. The van der Waals surface area contributed by atoms with Crippen LogP contribution in [-0.2, 0) is 47.2 Å². The number of rotatable bonds is 11. The number of anilines is 2. The minimum absolute atomic E-state index is 0.138. The zero-order valence-corrected chi connectivity index (χ0v) is 30.4. The number of ether oxygens (including phenoxy) is 2. The summed E-state index contributed by atoms with van der Waals surface area (Å²) in [6.45, 7) is 6.22. The summed E-state index contributed by atoms with van der Waals surface area (Å²) in [5.74, 6) is -1.72. The first kappa shape index (κ1) is 36.1. The molecule has 50 heavy (non-hydrogen) atoms. The third kappa shape index (κ3) is 6.72. The molecule has 4 aliphatic rings. The second kappa shape index (κ2) is 14.5. The van der Waals surface area contributed by atoms with E-state index < -0.39 is 37.6 Å². The van der Waals surface area contributed by atoms with Crippen LogP contribution in [0.15, 0.2) is 42.5 Å². The number of hydrogen-bond donors (Lipinski definition) is 3. The Bertz CT molecular complexity index is 1630. The quantitative estimate of drug-likeness (QED) is 0.137. The van der Waals surface area contributed by atoms with E-state index in [0.29, 0.717) is 49.3 Å². The van der Waals surface area contributed by atoms with Gasteiger partial charge < -0.3 is 39.1 Å². The molecule has 2 aromatic carbocycles. The number of amides is 3. The summed E-state index contributed by atoms with van der Waals surface area (Å²) in [6, 6.07) is 12.4. The molecule has 0 saturated carbocycles. The fraction of sp³-hybridized carbons (Fsp3) is 0.568. The van der Waals surface area contributed by atoms with E-state index >= 15 is 4.11 Å². The minimum atomic E-state index is -3.57. The number of methoxy groups -OCH3 is 1. The molecule has 13 heteroatoms. The maximum Gasteiger partial charge on any atom is 0.305 e. The number of fused-ring (bicyclic) bond motifs is 3. The van der Waals surface area contributed by atoms with Gasteiger partial charge in [0.25, 0.3) is 5.91 Å². The van der Waals surface area contributed by atoms with Crippen molar-refractivity contribution in [2.45, 2.75) is 101 Å². The standard InChI is InChI=1S/C37H49FN4O7Si/c1-23-34(50(3,4)38)31(20-32(44)42-21-25-11-6-5-10-24(25)18-27(42)22-43)49-37(23)28-19-26(40-35(46)29-12-9-16-39-29)14-15-30(28)41(36(37)47)17-8-7-13-33(45)48-2/h5-6,10-11,14-15,19,23,27,29,31,34,39,43H,7-9,12-13,16-18,20-22H2,1-4H3,(H,40,46)/t23-,27-,29+,31+,34-,37+/m0/s1. The first-order valence-corrected chi connectivity index (χ1v) is 20.8. The van der Waals surface area contributed by atoms with E-state index in [1.165, 1.54) is 7.11 Å². The SMILES string of the molecule is COC(=O)CCCCN1C(=O)[C@]2(O[C@H](CC(=O)N3Cc4ccccc4C[C@H]3CO)[C@@H]([Si](C)(C)F)[C@@H]2C)c2cc(NC(=O)[C@H]3CCCN3)ccc21. The van der Waals surface area contributed by atoms with E-state index in [9.17, 15) is 24.3 Å². The van der Waals surface area contributed by atoms with E-state index in [1.54, 1.807) is 41.1 Å². The monoisotopic (exact) mass is 708 g/mol. The highest BCUT2D eigenvalue weighted by Gasteiger charge is 2.67. The molecule has 4 heterocycles. The normalized spacial score (nSPS) is 27.4. The Morgan fingerprint density at radius 1 is 1.16 bits per heavy atom. The number of halogens is 1. The molecule has 1 spiro atoms. The molecule has 4 aliphatic heterocycles. The number of unbranched alkanes of at least 4 members (excludes halogenated alkanes) is 1. The lowest BCUT2D eigenvalue weighted by atomic mass is 9.82. The fourth-order valence-electron chi connectivity index (χ4n) is 8.66. The molecule has 2 aromatic rings. The smallest absolute Gasteiger partial charge is 0.305 e. The zero-order valence-electron chi connectivity index (χ0n) is 29.4. The van der Waals surface area contributed by atoms with Gasteiger partial charge in [0.1, 0.15) is 0 Å². The molecule has 0 radical (unpaired) electrons. The summed E-state index contributed by atoms with van der Waals surface area (Å²) in [6.07, 6.45) is 2.36. The second-order valence-electron chi connectivity index (χ2n) is 14.7. The van der Waals surface area contributed by atoms with Crippen molar-refractivity contribution in [1.29, 1.82) is 0 Å². The third-order valence-electron chi connectivity index (χ3n) is 11.1. The Balaban J connectivity index is 1.33. The summed E-state index contributed by atoms with van der Waals surface area (Å²) in [4.78, 5) is 57.0. The van der Waals surface area contributed by atoms with E-state index in [2.05, 4.69) is 10.6 Å². The number of aliphatic hydroxyl groups excluding tert-OH is 1. The van der Waals surface area contributed by atoms with Crippen LogP contribution in [0.5, 0.6) is 0 Å². The summed E-state index contributed by atoms with van der Waals surface area (Å²) >= 11 is 0. The second-order valence-corrected chi connectivity index (χ2v) is 18.5. The van der Waals surface area contributed by atoms with Gasteiger partial charge in [-0.1, -0.05) is 31.2 Å². The van der Waals surface area contributed by atoms with Crippen LogP contribution >= 0.6 is 0 Å². The molecule has 0 bridgehead atoms. The minimum Gasteiger partial charge on any atom is -0.469 e. The molecule has 11 nitrogen and oxygen atoms in total. The molecular weight excluding hydrogens is 660 g/mol. The Kier molecular flexibility index (Phi) is 10.5. The van der Waals surface area contributed by atoms with Gasteiger partial charge in [0.05, 0.1) is 44.0 Å². The lowest BCUT2D eigenvalue weighted by Crippen LogP contribution is -2.48. The molecular formula is C37H49FN4O7Si. The number of esters is 1. The van der Waals surface area contributed by atoms with Crippen molar-refractivity contribution in [3.63, 3.8) is 0 Å². The van der Waals surface area contributed by atoms with Crippen LogP contribution in [0.3, 0.4) is 0 Å². The highest BCUT2D eigenvalue weighted by molar-refractivity contribution is 6.72. The average molecular weight is 709 g/mol. The van der Waals surface area contributed by atoms with Gasteiger partial charge >= 0.3 is 5.97 Å². The zero-order chi connectivity index (χ0) is 35.8. The predicted molar refractivity (Wildman–Crippen MR) is 189 cm³/mol. The molecule has 3 N–H and O–H groups in total. The third-order valence-corrected chi connectivity index (χ3v) is 13.6. The lowest BCUT2D eigenvalue weighted by Gasteiger charge is -2.37. The number of carbonyl (C=O) groups excluding carboxylic acids is 4. The van der Waals surface area contributed by atoms with Gasteiger partial charge in [-0.2, -0.15) is 0 Å². The predicted octanol–water partition coefficient (Wildman–Crippen LogP) is 4.18. The van der Waals surface area contributed by atoms with E-state index in [1.807, 2.05) is 31.2 Å². The van der Waals surface area contributed by atoms with Crippen LogP contribution in [0.1, 0.15) is 62.1 Å². The maximum absolute atomic E-state index is 16.5. The Morgan fingerprint density at radius 2 is 1.92 bits per heavy atom. The number of aliphatic hydroxyl groups is 1. The Hall–Kier alpha value is -3.65. The van der Waals surface area contributed by atoms with Crippen molar-refractivity contribution in [2.75, 3.05) is 37.0 Å². The van der Waals surface area contributed by atoms with E-state index in [0.717, 1.165) is 30.5 Å². The number of nitrogens with one attached hydrogen (secondary N) is 2. The number of hydrogen-bond acceptors (Lipinski definition) is 8. The molecule has 2 saturated heterocycles. The van der Waals surface area contributed by atoms with Gasteiger partial charge in [0, 0.05) is 42.2 Å². The van der Waals surface area contributed by atoms with Crippen molar-refractivity contribution in [1.82, 2.24) is 10.2 Å². The number of benzene rings is 2. The largest absolute Gasteiger partial charge is 0.469 e. The summed E-state index contributed by atoms with van der Waals surface area (Å²) in [7, 11) is -2.23. The highest BCUT2D eigenvalue weighted by atomic mass is 28.4. The lowest BCUT2D eigenvalue weighted by molar-refractivity contribution is -0.151. The number of nitrogens with zero attached hydrogens (tertiary/aromatic N) is 2. The molecule has 6 rings (SSSR count). The van der Waals surface area contributed by atoms with Crippen molar-refractivity contribution >= 4 is 43.5 Å². The summed E-state index contributed by atoms with van der Waals surface area (Å²) in [5.41, 5.74) is 1.46. The first-order valence-electron chi connectivity index (χ1n) is 17.8. The van der Waals surface area contributed by atoms with Crippen LogP contribution in [0.2, 0.25) is 18.6 Å². The van der Waals surface area contributed by atoms with Gasteiger partial charge in [-0.15, -0.1) is 0 Å². The average Bonchev–Trinajstić information content (AvgIpc) is 3.79. The van der Waals surface area contributed by atoms with Crippen LogP contribution in [-0.4, -0.2) is 87.1 Å². The van der Waals surface area contributed by atoms with Gasteiger partial charge in [-0.25, -0.2) is 0 Å². The van der Waals surface area contributed by atoms with Crippen molar-refractivity contribution < 1.29 is 37.9 Å². The molecule has 6 atom stereocenters. The van der Waals surface area contributed by atoms with Crippen molar-refractivity contribution in [2.24, 2.45) is 5.92 Å². The Labute approximate surface area is 294 Å². The molecule has 2 fully saturated rings. The van der Waals surface area contributed by atoms with E-state index in [-0.39, 0.29) is 49.2 Å². The van der Waals surface area contributed by atoms with Gasteiger partial charge in [0.2, 0.25) is 20.2 Å². The topological polar surface area (TPSA) is 138 Å². The molecule has 270 valence electrons. The molecule has 0 unspecified atom stereocenters. The molecule has 0 aliphatic carbocycles. The first-order chi connectivity index (χ1) is 23.9. The fourth-order valence-corrected chi connectivity index (χ4v) is 11.2. The highest BCUT2D eigenvalue weighted by Crippen LogP contribution is 2.60. The van der Waals surface area contributed by atoms with Crippen LogP contribution in [0.4, 0.5) is 15.5 Å². The molecule has 0 aromatic heterocycles. The summed E-state index contributed by atoms with van der Waals surface area (Å²) in [5, 5.41) is 16.5. The van der Waals surface area contributed by atoms with E-state index in [4.69, 9.17) is 9.47 Å². The summed E-state index contributed by atoms with van der Waals surface area (Å²) < 4.78 is 28.1. The van der Waals surface area contributed by atoms with Gasteiger partial charge in [-0.05, 0) is 81.1 Å². The van der Waals surface area contributed by atoms with Crippen LogP contribution < -0.4 is 15.5 Å². The Morgan fingerprint density at radius 3 is 2.60 bits per heavy atom. The van der Waals surface area contributed by atoms with Crippen molar-refractivity contribution in [3.8, 4) is 0 Å². The molecule has 3 amide bonds. The van der Waals surface area contributed by atoms with Gasteiger partial charge in [-0.3, -0.25) is 19.2 Å².